The van der Waals surface area contributed by atoms with Gasteiger partial charge in [-0.2, -0.15) is 9.68 Å². The van der Waals surface area contributed by atoms with Gasteiger partial charge in [-0.25, -0.2) is 0 Å². The lowest BCUT2D eigenvalue weighted by Crippen LogP contribution is -2.73. The molecule has 8 nitrogen and oxygen atoms in total. The summed E-state index contributed by atoms with van der Waals surface area (Å²) in [7, 11) is 8.03. The van der Waals surface area contributed by atoms with Crippen LogP contribution in [0, 0.1) is 10.8 Å². The number of hydrogen-bond acceptors (Lipinski definition) is 6. The number of fused-ring (bicyclic) bond motifs is 1. The molecule has 5 rings (SSSR count). The van der Waals surface area contributed by atoms with E-state index in [-0.39, 0.29) is 16.2 Å². The van der Waals surface area contributed by atoms with Crippen molar-refractivity contribution in [3.05, 3.63) is 108 Å². The summed E-state index contributed by atoms with van der Waals surface area (Å²) in [5.41, 5.74) is 8.21. The molecule has 0 saturated heterocycles. The molecular formula is C43H58N6O2+2. The topological polar surface area (TPSA) is 89.6 Å². The van der Waals surface area contributed by atoms with Crippen LogP contribution in [0.3, 0.4) is 0 Å². The fraction of sp³-hybridized carbons (Fsp3) is 0.372. The summed E-state index contributed by atoms with van der Waals surface area (Å²) in [5.74, 6) is 1.68. The van der Waals surface area contributed by atoms with E-state index in [0.717, 1.165) is 29.3 Å². The number of anilines is 2. The third-order valence-corrected chi connectivity index (χ3v) is 9.52. The Balaban J connectivity index is 0.000000349. The van der Waals surface area contributed by atoms with Crippen molar-refractivity contribution in [1.82, 2.24) is 0 Å². The highest BCUT2D eigenvalue weighted by atomic mass is 16.5. The van der Waals surface area contributed by atoms with Crippen molar-refractivity contribution in [1.29, 1.82) is 5.41 Å². The molecule has 4 N–H and O–H groups in total. The molecule has 0 unspecified atom stereocenters. The second-order valence-corrected chi connectivity index (χ2v) is 15.0. The standard InChI is InChI=1S/C31H39N4O2.C12H18N2/c1-30(2,21-36-25-16-12-23(32-5)13-17-25)22-37-26-18-14-24(15-19-26)35(7)33-20-29-31(3,4)27-10-8-9-11-28(27)34(29)6;1-12(2,8-9-13)10-6-4-5-7-11(10)14-3/h8-20,32H,21-22H2,1-7H3;4-7,9,13-14H,8H2,1-3H3/q+1;/p+1. The number of para-hydroxylation sites is 2. The molecule has 8 heteroatoms. The first-order valence-electron chi connectivity index (χ1n) is 17.7. The SMILES string of the molecule is CNc1ccc(OCC(C)(C)COc2ccc(N(C)/N=C/C3=[N+](C)c4ccccc4C3(C)C)cc2)cc1.C[NH2+]c1ccccc1C(C)(C)CC=N. The molecule has 0 amide bonds. The van der Waals surface area contributed by atoms with E-state index in [2.05, 4.69) is 119 Å². The molecule has 4 aromatic carbocycles. The molecule has 0 spiro atoms. The van der Waals surface area contributed by atoms with Gasteiger partial charge in [-0.1, -0.05) is 64.1 Å². The van der Waals surface area contributed by atoms with Crippen LogP contribution >= 0.6 is 0 Å². The van der Waals surface area contributed by atoms with E-state index in [9.17, 15) is 0 Å². The summed E-state index contributed by atoms with van der Waals surface area (Å²) < 4.78 is 14.3. The molecule has 0 atom stereocenters. The van der Waals surface area contributed by atoms with Crippen LogP contribution in [-0.2, 0) is 10.8 Å². The van der Waals surface area contributed by atoms with Crippen molar-refractivity contribution in [3.8, 4) is 11.5 Å². The van der Waals surface area contributed by atoms with Crippen LogP contribution in [0.1, 0.15) is 59.1 Å². The van der Waals surface area contributed by atoms with Gasteiger partial charge >= 0.3 is 0 Å². The second kappa shape index (κ2) is 16.8. The van der Waals surface area contributed by atoms with E-state index in [1.807, 2.05) is 73.8 Å². The molecule has 270 valence electrons. The highest BCUT2D eigenvalue weighted by Gasteiger charge is 2.43. The van der Waals surface area contributed by atoms with Crippen LogP contribution in [0.25, 0.3) is 0 Å². The lowest BCUT2D eigenvalue weighted by atomic mass is 9.81. The van der Waals surface area contributed by atoms with Gasteiger partial charge in [0.15, 0.2) is 0 Å². The Hall–Kier alpha value is -4.95. The van der Waals surface area contributed by atoms with Crippen molar-refractivity contribution in [2.75, 3.05) is 51.7 Å². The van der Waals surface area contributed by atoms with Crippen molar-refractivity contribution in [2.45, 2.75) is 58.8 Å². The average Bonchev–Trinajstić information content (AvgIpc) is 3.33. The van der Waals surface area contributed by atoms with Gasteiger partial charge in [0, 0.05) is 47.8 Å². The van der Waals surface area contributed by atoms with E-state index in [4.69, 9.17) is 20.0 Å². The first kappa shape index (κ1) is 38.8. The number of hydrazone groups is 1. The maximum absolute atomic E-state index is 7.20. The molecule has 1 aliphatic rings. The van der Waals surface area contributed by atoms with Gasteiger partial charge in [0.05, 0.1) is 31.4 Å². The van der Waals surface area contributed by atoms with Crippen molar-refractivity contribution in [3.63, 3.8) is 0 Å². The molecular weight excluding hydrogens is 633 g/mol. The fourth-order valence-electron chi connectivity index (χ4n) is 6.24. The highest BCUT2D eigenvalue weighted by molar-refractivity contribution is 6.33. The van der Waals surface area contributed by atoms with Crippen molar-refractivity contribution >= 4 is 40.9 Å². The third-order valence-electron chi connectivity index (χ3n) is 9.52. The summed E-state index contributed by atoms with van der Waals surface area (Å²) in [6, 6.07) is 32.9. The van der Waals surface area contributed by atoms with Crippen molar-refractivity contribution < 1.29 is 19.4 Å². The maximum Gasteiger partial charge on any atom is 0.212 e. The fourth-order valence-corrected chi connectivity index (χ4v) is 6.24. The Morgan fingerprint density at radius 3 is 2.00 bits per heavy atom. The molecule has 4 aromatic rings. The second-order valence-electron chi connectivity index (χ2n) is 15.0. The van der Waals surface area contributed by atoms with Crippen LogP contribution in [-0.4, -0.2) is 64.1 Å². The Kier molecular flexibility index (Phi) is 12.8. The van der Waals surface area contributed by atoms with Crippen LogP contribution in [0.15, 0.2) is 102 Å². The van der Waals surface area contributed by atoms with E-state index < -0.39 is 0 Å². The molecule has 1 aliphatic heterocycles. The Labute approximate surface area is 305 Å². The summed E-state index contributed by atoms with van der Waals surface area (Å²) in [5, 5.41) is 19.1. The van der Waals surface area contributed by atoms with Crippen LogP contribution in [0.4, 0.5) is 22.7 Å². The van der Waals surface area contributed by atoms with E-state index in [0.29, 0.717) is 13.2 Å². The van der Waals surface area contributed by atoms with Gasteiger partial charge in [0.2, 0.25) is 11.4 Å². The molecule has 0 aliphatic carbocycles. The molecule has 1 heterocycles. The zero-order valence-corrected chi connectivity index (χ0v) is 32.2. The summed E-state index contributed by atoms with van der Waals surface area (Å²) in [4.78, 5) is 0. The molecule has 0 radical (unpaired) electrons. The Bertz CT molecular complexity index is 1810. The highest BCUT2D eigenvalue weighted by Crippen LogP contribution is 2.38. The number of benzene rings is 4. The van der Waals surface area contributed by atoms with E-state index in [1.54, 1.807) is 0 Å². The van der Waals surface area contributed by atoms with Gasteiger partial charge in [-0.05, 0) is 81.1 Å². The predicted octanol–water partition coefficient (Wildman–Crippen LogP) is 8.17. The molecule has 0 aromatic heterocycles. The number of nitrogens with two attached hydrogens (primary N) is 1. The molecule has 0 bridgehead atoms. The lowest BCUT2D eigenvalue weighted by molar-refractivity contribution is -0.540. The average molecular weight is 691 g/mol. The first-order chi connectivity index (χ1) is 24.2. The number of hydrogen-bond donors (Lipinski definition) is 3. The number of ether oxygens (including phenoxy) is 2. The monoisotopic (exact) mass is 690 g/mol. The number of nitrogens with one attached hydrogen (secondary N) is 2. The molecule has 51 heavy (non-hydrogen) atoms. The molecule has 0 saturated carbocycles. The van der Waals surface area contributed by atoms with Gasteiger partial charge < -0.3 is 25.5 Å². The van der Waals surface area contributed by atoms with E-state index in [1.165, 1.54) is 34.4 Å². The normalized spacial score (nSPS) is 13.7. The summed E-state index contributed by atoms with van der Waals surface area (Å²) >= 11 is 0. The predicted molar refractivity (Wildman–Crippen MR) is 215 cm³/mol. The third kappa shape index (κ3) is 9.85. The zero-order valence-electron chi connectivity index (χ0n) is 32.2. The van der Waals surface area contributed by atoms with Gasteiger partial charge in [-0.3, -0.25) is 5.01 Å². The van der Waals surface area contributed by atoms with E-state index >= 15 is 0 Å². The van der Waals surface area contributed by atoms with Gasteiger partial charge in [0.25, 0.3) is 0 Å². The quantitative estimate of drug-likeness (QED) is 0.0539. The Morgan fingerprint density at radius 2 is 1.43 bits per heavy atom. The minimum Gasteiger partial charge on any atom is -0.493 e. The zero-order chi connectivity index (χ0) is 37.2. The van der Waals surface area contributed by atoms with Crippen LogP contribution in [0.5, 0.6) is 11.5 Å². The largest absolute Gasteiger partial charge is 0.493 e. The number of quaternary nitrogens is 1. The first-order valence-corrected chi connectivity index (χ1v) is 17.7. The number of nitrogens with zero attached hydrogens (tertiary/aromatic N) is 3. The van der Waals surface area contributed by atoms with Gasteiger partial charge in [-0.15, -0.1) is 0 Å². The maximum atomic E-state index is 7.20. The van der Waals surface area contributed by atoms with Gasteiger partial charge in [0.1, 0.15) is 30.4 Å². The summed E-state index contributed by atoms with van der Waals surface area (Å²) in [6.07, 6.45) is 4.25. The minimum absolute atomic E-state index is 0.0604. The summed E-state index contributed by atoms with van der Waals surface area (Å²) in [6.45, 7) is 14.3. The van der Waals surface area contributed by atoms with Crippen molar-refractivity contribution in [2.24, 2.45) is 10.5 Å². The number of rotatable bonds is 14. The molecule has 0 fully saturated rings. The minimum atomic E-state index is -0.143. The lowest BCUT2D eigenvalue weighted by Gasteiger charge is -2.25. The van der Waals surface area contributed by atoms with Crippen LogP contribution < -0.4 is 25.1 Å². The Morgan fingerprint density at radius 1 is 0.863 bits per heavy atom. The smallest absolute Gasteiger partial charge is 0.212 e. The van der Waals surface area contributed by atoms with Crippen LogP contribution in [0.2, 0.25) is 0 Å².